The average Bonchev–Trinajstić information content (AvgIpc) is 3.13. The van der Waals surface area contributed by atoms with E-state index in [0.717, 1.165) is 23.6 Å². The summed E-state index contributed by atoms with van der Waals surface area (Å²) >= 11 is 13.9. The molecule has 0 aliphatic carbocycles. The van der Waals surface area contributed by atoms with Crippen molar-refractivity contribution in [2.24, 2.45) is 0 Å². The Kier molecular flexibility index (Phi) is 4.66. The van der Waals surface area contributed by atoms with Crippen molar-refractivity contribution < 1.29 is 4.42 Å². The fraction of sp³-hybridized carbons (Fsp3) is 0.125. The van der Waals surface area contributed by atoms with Gasteiger partial charge < -0.3 is 9.73 Å². The standard InChI is InChI=1S/C16H13Cl2NOS/c17-11-3-5-15(18)14(8-11)16-6-4-12(20-16)9-19-10-13-2-1-7-21-13/h1-8,19H,9-10H2. The molecule has 0 aliphatic rings. The highest BCUT2D eigenvalue weighted by molar-refractivity contribution is 7.09. The van der Waals surface area contributed by atoms with Crippen molar-refractivity contribution in [2.45, 2.75) is 13.1 Å². The largest absolute Gasteiger partial charge is 0.460 e. The molecule has 5 heteroatoms. The van der Waals surface area contributed by atoms with Crippen molar-refractivity contribution >= 4 is 34.5 Å². The van der Waals surface area contributed by atoms with E-state index >= 15 is 0 Å². The highest BCUT2D eigenvalue weighted by Gasteiger charge is 2.09. The van der Waals surface area contributed by atoms with E-state index in [0.29, 0.717) is 16.6 Å². The monoisotopic (exact) mass is 337 g/mol. The molecular weight excluding hydrogens is 325 g/mol. The lowest BCUT2D eigenvalue weighted by molar-refractivity contribution is 0.494. The van der Waals surface area contributed by atoms with Gasteiger partial charge in [0.15, 0.2) is 0 Å². The van der Waals surface area contributed by atoms with E-state index in [1.54, 1.807) is 23.5 Å². The zero-order chi connectivity index (χ0) is 14.7. The molecule has 21 heavy (non-hydrogen) atoms. The van der Waals surface area contributed by atoms with Gasteiger partial charge in [0.1, 0.15) is 11.5 Å². The van der Waals surface area contributed by atoms with Crippen molar-refractivity contribution in [3.63, 3.8) is 0 Å². The van der Waals surface area contributed by atoms with E-state index in [2.05, 4.69) is 16.8 Å². The number of hydrogen-bond acceptors (Lipinski definition) is 3. The number of rotatable bonds is 5. The molecule has 1 N–H and O–H groups in total. The molecule has 3 aromatic rings. The second kappa shape index (κ2) is 6.67. The highest BCUT2D eigenvalue weighted by Crippen LogP contribution is 2.31. The predicted molar refractivity (Wildman–Crippen MR) is 89.0 cm³/mol. The third-order valence-electron chi connectivity index (χ3n) is 3.03. The van der Waals surface area contributed by atoms with E-state index in [-0.39, 0.29) is 0 Å². The average molecular weight is 338 g/mol. The summed E-state index contributed by atoms with van der Waals surface area (Å²) in [5, 5.41) is 6.70. The minimum absolute atomic E-state index is 0.631. The van der Waals surface area contributed by atoms with E-state index in [1.165, 1.54) is 4.88 Å². The van der Waals surface area contributed by atoms with Crippen LogP contribution < -0.4 is 5.32 Å². The van der Waals surface area contributed by atoms with Gasteiger partial charge in [-0.05, 0) is 41.8 Å². The quantitative estimate of drug-likeness (QED) is 0.655. The smallest absolute Gasteiger partial charge is 0.135 e. The predicted octanol–water partition coefficient (Wildman–Crippen LogP) is 5.60. The lowest BCUT2D eigenvalue weighted by atomic mass is 10.2. The van der Waals surface area contributed by atoms with Crippen LogP contribution in [0.3, 0.4) is 0 Å². The van der Waals surface area contributed by atoms with Gasteiger partial charge in [0.05, 0.1) is 11.6 Å². The fourth-order valence-corrected chi connectivity index (χ4v) is 3.08. The van der Waals surface area contributed by atoms with Crippen LogP contribution in [0.4, 0.5) is 0 Å². The van der Waals surface area contributed by atoms with Crippen LogP contribution in [-0.2, 0) is 13.1 Å². The number of thiophene rings is 1. The first kappa shape index (κ1) is 14.7. The molecule has 0 unspecified atom stereocenters. The zero-order valence-corrected chi connectivity index (χ0v) is 13.4. The molecule has 0 atom stereocenters. The summed E-state index contributed by atoms with van der Waals surface area (Å²) in [7, 11) is 0. The van der Waals surface area contributed by atoms with E-state index in [9.17, 15) is 0 Å². The number of benzene rings is 1. The first-order chi connectivity index (χ1) is 10.2. The van der Waals surface area contributed by atoms with Gasteiger partial charge in [-0.15, -0.1) is 11.3 Å². The Morgan fingerprint density at radius 2 is 1.95 bits per heavy atom. The van der Waals surface area contributed by atoms with E-state index in [1.807, 2.05) is 24.3 Å². The Labute approximate surface area is 137 Å². The van der Waals surface area contributed by atoms with Crippen LogP contribution in [0, 0.1) is 0 Å². The normalized spacial score (nSPS) is 11.0. The van der Waals surface area contributed by atoms with E-state index in [4.69, 9.17) is 27.6 Å². The molecule has 2 heterocycles. The third kappa shape index (κ3) is 3.69. The number of hydrogen-bond donors (Lipinski definition) is 1. The van der Waals surface area contributed by atoms with Gasteiger partial charge in [0.2, 0.25) is 0 Å². The Morgan fingerprint density at radius 3 is 2.76 bits per heavy atom. The van der Waals surface area contributed by atoms with Crippen molar-refractivity contribution in [1.82, 2.24) is 5.32 Å². The molecule has 3 rings (SSSR count). The van der Waals surface area contributed by atoms with Gasteiger partial charge >= 0.3 is 0 Å². The minimum Gasteiger partial charge on any atom is -0.460 e. The maximum absolute atomic E-state index is 6.18. The Morgan fingerprint density at radius 1 is 1.05 bits per heavy atom. The molecule has 0 spiro atoms. The van der Waals surface area contributed by atoms with Crippen molar-refractivity contribution in [3.8, 4) is 11.3 Å². The molecule has 0 fully saturated rings. The highest BCUT2D eigenvalue weighted by atomic mass is 35.5. The summed E-state index contributed by atoms with van der Waals surface area (Å²) in [5.41, 5.74) is 0.814. The summed E-state index contributed by atoms with van der Waals surface area (Å²) in [6, 6.07) is 13.4. The SMILES string of the molecule is Clc1ccc(Cl)c(-c2ccc(CNCc3cccs3)o2)c1. The number of nitrogens with one attached hydrogen (secondary N) is 1. The molecule has 0 bridgehead atoms. The molecule has 0 saturated carbocycles. The third-order valence-corrected chi connectivity index (χ3v) is 4.48. The summed E-state index contributed by atoms with van der Waals surface area (Å²) in [6.45, 7) is 1.52. The molecule has 108 valence electrons. The van der Waals surface area contributed by atoms with Gasteiger partial charge in [-0.25, -0.2) is 0 Å². The Hall–Kier alpha value is -1.26. The topological polar surface area (TPSA) is 25.2 Å². The van der Waals surface area contributed by atoms with Crippen molar-refractivity contribution in [3.05, 3.63) is 68.5 Å². The van der Waals surface area contributed by atoms with Gasteiger partial charge in [-0.2, -0.15) is 0 Å². The van der Waals surface area contributed by atoms with Crippen LogP contribution >= 0.6 is 34.5 Å². The van der Waals surface area contributed by atoms with Gasteiger partial charge in [0.25, 0.3) is 0 Å². The Bertz CT molecular complexity index is 722. The Balaban J connectivity index is 1.67. The molecule has 1 aromatic carbocycles. The van der Waals surface area contributed by atoms with Crippen molar-refractivity contribution in [1.29, 1.82) is 0 Å². The van der Waals surface area contributed by atoms with Crippen LogP contribution in [-0.4, -0.2) is 0 Å². The first-order valence-corrected chi connectivity index (χ1v) is 8.13. The van der Waals surface area contributed by atoms with Crippen LogP contribution in [0.15, 0.2) is 52.3 Å². The summed E-state index contributed by atoms with van der Waals surface area (Å²) in [4.78, 5) is 1.31. The van der Waals surface area contributed by atoms with E-state index < -0.39 is 0 Å². The summed E-state index contributed by atoms with van der Waals surface area (Å²) in [5.74, 6) is 1.60. The van der Waals surface area contributed by atoms with Gasteiger partial charge in [-0.1, -0.05) is 29.3 Å². The molecule has 2 nitrogen and oxygen atoms in total. The maximum Gasteiger partial charge on any atom is 0.135 e. The van der Waals surface area contributed by atoms with Crippen LogP contribution in [0.25, 0.3) is 11.3 Å². The second-order valence-electron chi connectivity index (χ2n) is 4.57. The fourth-order valence-electron chi connectivity index (χ4n) is 2.03. The number of furan rings is 1. The van der Waals surface area contributed by atoms with Crippen molar-refractivity contribution in [2.75, 3.05) is 0 Å². The second-order valence-corrected chi connectivity index (χ2v) is 6.45. The maximum atomic E-state index is 6.18. The molecule has 0 amide bonds. The molecule has 2 aromatic heterocycles. The lowest BCUT2D eigenvalue weighted by Crippen LogP contribution is -2.10. The minimum atomic E-state index is 0.631. The number of halogens is 2. The van der Waals surface area contributed by atoms with Crippen LogP contribution in [0.1, 0.15) is 10.6 Å². The molecule has 0 radical (unpaired) electrons. The molecule has 0 saturated heterocycles. The summed E-state index contributed by atoms with van der Waals surface area (Å²) in [6.07, 6.45) is 0. The van der Waals surface area contributed by atoms with Crippen LogP contribution in [0.5, 0.6) is 0 Å². The van der Waals surface area contributed by atoms with Crippen LogP contribution in [0.2, 0.25) is 10.0 Å². The zero-order valence-electron chi connectivity index (χ0n) is 11.1. The molecule has 0 aliphatic heterocycles. The van der Waals surface area contributed by atoms with Gasteiger partial charge in [-0.3, -0.25) is 0 Å². The van der Waals surface area contributed by atoms with Gasteiger partial charge in [0, 0.05) is 22.0 Å². The lowest BCUT2D eigenvalue weighted by Gasteiger charge is -2.02. The molecular formula is C16H13Cl2NOS. The first-order valence-electron chi connectivity index (χ1n) is 6.49. The summed E-state index contributed by atoms with van der Waals surface area (Å²) < 4.78 is 5.82.